The zero-order valence-corrected chi connectivity index (χ0v) is 18.6. The zero-order chi connectivity index (χ0) is 22.0. The number of carbonyl (C=O) groups is 2. The summed E-state index contributed by atoms with van der Waals surface area (Å²) in [5.74, 6) is -0.161. The molecular formula is C22H25N5O3S. The molecule has 0 unspecified atom stereocenters. The van der Waals surface area contributed by atoms with E-state index in [9.17, 15) is 9.59 Å². The zero-order valence-electron chi connectivity index (χ0n) is 17.8. The number of benzene rings is 1. The molecule has 9 heteroatoms. The highest BCUT2D eigenvalue weighted by Gasteiger charge is 2.34. The molecule has 4 rings (SSSR count). The van der Waals surface area contributed by atoms with Crippen LogP contribution in [0.2, 0.25) is 0 Å². The van der Waals surface area contributed by atoms with Gasteiger partial charge in [-0.25, -0.2) is 0 Å². The molecule has 1 atom stereocenters. The Hall–Kier alpha value is -3.07. The average molecular weight is 440 g/mol. The average Bonchev–Trinajstić information content (AvgIpc) is 3.43. The minimum atomic E-state index is -0.554. The van der Waals surface area contributed by atoms with Gasteiger partial charge in [-0.05, 0) is 44.2 Å². The summed E-state index contributed by atoms with van der Waals surface area (Å²) in [5, 5.41) is 16.8. The van der Waals surface area contributed by atoms with E-state index in [1.165, 1.54) is 11.3 Å². The second kappa shape index (κ2) is 8.97. The number of nitrogens with zero attached hydrogens (tertiary/aromatic N) is 4. The van der Waals surface area contributed by atoms with Crippen LogP contribution >= 0.6 is 11.3 Å². The highest BCUT2D eigenvalue weighted by molar-refractivity contribution is 7.14. The van der Waals surface area contributed by atoms with Crippen LogP contribution in [0.4, 0.5) is 5.69 Å². The Kier molecular flexibility index (Phi) is 6.13. The van der Waals surface area contributed by atoms with Crippen molar-refractivity contribution in [2.75, 3.05) is 11.9 Å². The van der Waals surface area contributed by atoms with E-state index in [0.717, 1.165) is 34.1 Å². The normalized spacial score (nSPS) is 16.5. The fraction of sp³-hybridized carbons (Fsp3) is 0.409. The van der Waals surface area contributed by atoms with Crippen molar-refractivity contribution in [3.05, 3.63) is 46.8 Å². The molecular weight excluding hydrogens is 414 g/mol. The van der Waals surface area contributed by atoms with Gasteiger partial charge in [0.2, 0.25) is 11.7 Å². The van der Waals surface area contributed by atoms with E-state index >= 15 is 0 Å². The number of hydrogen-bond acceptors (Lipinski definition) is 7. The topological polar surface area (TPSA) is 101 Å². The Morgan fingerprint density at radius 1 is 1.23 bits per heavy atom. The molecule has 31 heavy (non-hydrogen) atoms. The maximum atomic E-state index is 13.1. The fourth-order valence-electron chi connectivity index (χ4n) is 3.62. The molecule has 162 valence electrons. The fourth-order valence-corrected chi connectivity index (χ4v) is 4.31. The summed E-state index contributed by atoms with van der Waals surface area (Å²) in [6, 6.07) is 8.62. The quantitative estimate of drug-likeness (QED) is 0.637. The molecule has 0 saturated carbocycles. The highest BCUT2D eigenvalue weighted by Crippen LogP contribution is 2.27. The van der Waals surface area contributed by atoms with Crippen LogP contribution in [0.3, 0.4) is 0 Å². The lowest BCUT2D eigenvalue weighted by atomic mass is 10.0. The summed E-state index contributed by atoms with van der Waals surface area (Å²) in [6.45, 7) is 6.39. The Labute approximate surface area is 184 Å². The molecule has 1 fully saturated rings. The van der Waals surface area contributed by atoms with E-state index in [4.69, 9.17) is 4.52 Å². The lowest BCUT2D eigenvalue weighted by Crippen LogP contribution is -2.49. The van der Waals surface area contributed by atoms with Crippen molar-refractivity contribution in [2.45, 2.75) is 52.0 Å². The molecule has 1 aromatic carbocycles. The van der Waals surface area contributed by atoms with E-state index in [0.29, 0.717) is 18.7 Å². The van der Waals surface area contributed by atoms with Gasteiger partial charge in [0.15, 0.2) is 0 Å². The van der Waals surface area contributed by atoms with Gasteiger partial charge >= 0.3 is 0 Å². The van der Waals surface area contributed by atoms with Crippen LogP contribution in [-0.4, -0.2) is 44.7 Å². The molecule has 0 bridgehead atoms. The van der Waals surface area contributed by atoms with Gasteiger partial charge < -0.3 is 14.7 Å². The molecule has 0 aliphatic carbocycles. The lowest BCUT2D eigenvalue weighted by Gasteiger charge is -2.34. The van der Waals surface area contributed by atoms with Gasteiger partial charge in [-0.1, -0.05) is 42.5 Å². The van der Waals surface area contributed by atoms with Crippen LogP contribution in [0, 0.1) is 6.92 Å². The van der Waals surface area contributed by atoms with E-state index in [1.54, 1.807) is 11.0 Å². The number of hydrogen-bond donors (Lipinski definition) is 1. The number of carbonyl (C=O) groups excluding carboxylic acids is 2. The molecule has 1 N–H and O–H groups in total. The number of anilines is 1. The number of likely N-dealkylation sites (tertiary alicyclic amines) is 1. The maximum absolute atomic E-state index is 13.1. The smallest absolute Gasteiger partial charge is 0.293 e. The van der Waals surface area contributed by atoms with Crippen molar-refractivity contribution in [2.24, 2.45) is 0 Å². The highest BCUT2D eigenvalue weighted by atomic mass is 32.1. The molecule has 1 aliphatic heterocycles. The Morgan fingerprint density at radius 2 is 2.06 bits per heavy atom. The minimum Gasteiger partial charge on any atom is -0.351 e. The van der Waals surface area contributed by atoms with E-state index < -0.39 is 6.04 Å². The van der Waals surface area contributed by atoms with Crippen LogP contribution < -0.4 is 5.32 Å². The first-order chi connectivity index (χ1) is 14.9. The number of amides is 2. The van der Waals surface area contributed by atoms with E-state index in [-0.39, 0.29) is 23.5 Å². The lowest BCUT2D eigenvalue weighted by molar-refractivity contribution is -0.121. The van der Waals surface area contributed by atoms with Crippen LogP contribution in [0.25, 0.3) is 10.6 Å². The van der Waals surface area contributed by atoms with Gasteiger partial charge in [-0.3, -0.25) is 9.59 Å². The predicted molar refractivity (Wildman–Crippen MR) is 118 cm³/mol. The Morgan fingerprint density at radius 3 is 2.77 bits per heavy atom. The number of aryl methyl sites for hydroxylation is 1. The number of piperidine rings is 1. The first-order valence-electron chi connectivity index (χ1n) is 10.4. The van der Waals surface area contributed by atoms with Crippen LogP contribution in [0.15, 0.2) is 34.9 Å². The number of aromatic nitrogens is 3. The Balaban J connectivity index is 1.50. The van der Waals surface area contributed by atoms with Crippen molar-refractivity contribution < 1.29 is 14.1 Å². The number of nitrogens with one attached hydrogen (secondary N) is 1. The van der Waals surface area contributed by atoms with Crippen LogP contribution in [-0.2, 0) is 4.79 Å². The summed E-state index contributed by atoms with van der Waals surface area (Å²) in [4.78, 5) is 27.7. The summed E-state index contributed by atoms with van der Waals surface area (Å²) in [5.41, 5.74) is 2.28. The summed E-state index contributed by atoms with van der Waals surface area (Å²) in [6.07, 6.45) is 2.35. The SMILES string of the molecule is Cc1nnc(-c2cccc(NC(=O)[C@@H]3CCCCN3C(=O)c3cc(C(C)C)no3)c2)s1. The second-order valence-corrected chi connectivity index (χ2v) is 9.16. The predicted octanol–water partition coefficient (Wildman–Crippen LogP) is 4.26. The molecule has 1 saturated heterocycles. The van der Waals surface area contributed by atoms with Gasteiger partial charge in [0, 0.05) is 23.9 Å². The largest absolute Gasteiger partial charge is 0.351 e. The van der Waals surface area contributed by atoms with E-state index in [1.807, 2.05) is 45.0 Å². The van der Waals surface area contributed by atoms with Crippen molar-refractivity contribution in [1.29, 1.82) is 0 Å². The monoisotopic (exact) mass is 439 g/mol. The molecule has 3 aromatic rings. The molecule has 2 aromatic heterocycles. The molecule has 2 amide bonds. The van der Waals surface area contributed by atoms with Gasteiger partial charge in [0.05, 0.1) is 5.69 Å². The Bertz CT molecular complexity index is 1090. The van der Waals surface area contributed by atoms with Crippen molar-refractivity contribution in [1.82, 2.24) is 20.3 Å². The summed E-state index contributed by atoms with van der Waals surface area (Å²) < 4.78 is 5.27. The van der Waals surface area contributed by atoms with Gasteiger partial charge in [-0.15, -0.1) is 10.2 Å². The third-order valence-corrected chi connectivity index (χ3v) is 6.19. The second-order valence-electron chi connectivity index (χ2n) is 7.98. The first-order valence-corrected chi connectivity index (χ1v) is 11.2. The standard InChI is InChI=1S/C22H25N5O3S/c1-13(2)17-12-19(30-26-17)22(29)27-10-5-4-9-18(27)20(28)23-16-8-6-7-15(11-16)21-25-24-14(3)31-21/h6-8,11-13,18H,4-5,9-10H2,1-3H3,(H,23,28)/t18-/m0/s1. The maximum Gasteiger partial charge on any atom is 0.293 e. The van der Waals surface area contributed by atoms with Crippen molar-refractivity contribution >= 4 is 28.8 Å². The van der Waals surface area contributed by atoms with Crippen molar-refractivity contribution in [3.8, 4) is 10.6 Å². The molecule has 1 aliphatic rings. The van der Waals surface area contributed by atoms with Gasteiger partial charge in [0.1, 0.15) is 16.1 Å². The molecule has 0 radical (unpaired) electrons. The third kappa shape index (κ3) is 4.66. The van der Waals surface area contributed by atoms with Crippen LogP contribution in [0.5, 0.6) is 0 Å². The van der Waals surface area contributed by atoms with E-state index in [2.05, 4.69) is 20.7 Å². The minimum absolute atomic E-state index is 0.162. The van der Waals surface area contributed by atoms with Gasteiger partial charge in [0.25, 0.3) is 5.91 Å². The third-order valence-electron chi connectivity index (χ3n) is 5.30. The first kappa shape index (κ1) is 21.2. The number of rotatable bonds is 5. The van der Waals surface area contributed by atoms with Gasteiger partial charge in [-0.2, -0.15) is 0 Å². The van der Waals surface area contributed by atoms with Crippen LogP contribution in [0.1, 0.15) is 60.3 Å². The summed E-state index contributed by atoms with van der Waals surface area (Å²) >= 11 is 1.50. The summed E-state index contributed by atoms with van der Waals surface area (Å²) in [7, 11) is 0. The molecule has 3 heterocycles. The molecule has 8 nitrogen and oxygen atoms in total. The van der Waals surface area contributed by atoms with Crippen molar-refractivity contribution in [3.63, 3.8) is 0 Å². The molecule has 0 spiro atoms.